The number of fused-ring (bicyclic) bond motifs is 3. The van der Waals surface area contributed by atoms with Crippen LogP contribution < -0.4 is 4.90 Å². The van der Waals surface area contributed by atoms with Crippen molar-refractivity contribution in [1.82, 2.24) is 24.5 Å². The molecule has 186 valence electrons. The number of benzene rings is 2. The van der Waals surface area contributed by atoms with Crippen molar-refractivity contribution in [2.45, 2.75) is 6.92 Å². The molecule has 0 bridgehead atoms. The van der Waals surface area contributed by atoms with Gasteiger partial charge in [0.05, 0.1) is 33.9 Å². The predicted octanol–water partition coefficient (Wildman–Crippen LogP) is 4.84. The van der Waals surface area contributed by atoms with E-state index in [4.69, 9.17) is 16.7 Å². The molecule has 5 aromatic rings. The van der Waals surface area contributed by atoms with E-state index in [9.17, 15) is 14.3 Å². The number of aryl methyl sites for hydroxylation is 2. The molecule has 2 atom stereocenters. The summed E-state index contributed by atoms with van der Waals surface area (Å²) in [5.41, 5.74) is 4.34. The molecular weight excluding hydrogens is 495 g/mol. The molecule has 8 nitrogen and oxygen atoms in total. The van der Waals surface area contributed by atoms with Crippen LogP contribution in [-0.2, 0) is 11.8 Å². The Kier molecular flexibility index (Phi) is 4.66. The van der Waals surface area contributed by atoms with Crippen LogP contribution in [-0.4, -0.2) is 48.7 Å². The fourth-order valence-electron chi connectivity index (χ4n) is 5.92. The molecule has 37 heavy (non-hydrogen) atoms. The maximum Gasteiger partial charge on any atom is 0.307 e. The normalized spacial score (nSPS) is 20.6. The Hall–Kier alpha value is -3.98. The van der Waals surface area contributed by atoms with Gasteiger partial charge in [-0.15, -0.1) is 0 Å². The van der Waals surface area contributed by atoms with Gasteiger partial charge in [0.2, 0.25) is 0 Å². The Balaban J connectivity index is 1.33. The van der Waals surface area contributed by atoms with Crippen LogP contribution in [0.1, 0.15) is 5.56 Å². The number of carboxylic acid groups (broad SMARTS) is 1. The monoisotopic (exact) mass is 516 g/mol. The van der Waals surface area contributed by atoms with E-state index in [2.05, 4.69) is 15.0 Å². The lowest BCUT2D eigenvalue weighted by Gasteiger charge is -2.20. The largest absolute Gasteiger partial charge is 0.481 e. The first kappa shape index (κ1) is 22.2. The van der Waals surface area contributed by atoms with Crippen LogP contribution in [0.25, 0.3) is 38.8 Å². The van der Waals surface area contributed by atoms with E-state index in [1.165, 1.54) is 6.07 Å². The zero-order chi connectivity index (χ0) is 25.6. The molecule has 1 saturated heterocycles. The fourth-order valence-corrected chi connectivity index (χ4v) is 6.07. The summed E-state index contributed by atoms with van der Waals surface area (Å²) in [6, 6.07) is 11.1. The molecule has 0 radical (unpaired) electrons. The predicted molar refractivity (Wildman–Crippen MR) is 139 cm³/mol. The highest BCUT2D eigenvalue weighted by atomic mass is 35.5. The molecule has 1 aliphatic heterocycles. The van der Waals surface area contributed by atoms with E-state index < -0.39 is 11.8 Å². The van der Waals surface area contributed by atoms with Crippen LogP contribution in [0.5, 0.6) is 0 Å². The summed E-state index contributed by atoms with van der Waals surface area (Å²) < 4.78 is 18.3. The summed E-state index contributed by atoms with van der Waals surface area (Å²) >= 11 is 6.34. The number of carbonyl (C=O) groups is 1. The topological polar surface area (TPSA) is 89.1 Å². The highest BCUT2D eigenvalue weighted by Crippen LogP contribution is 2.52. The molecule has 1 saturated carbocycles. The first-order valence-corrected chi connectivity index (χ1v) is 12.4. The summed E-state index contributed by atoms with van der Waals surface area (Å²) in [6.45, 7) is 3.19. The van der Waals surface area contributed by atoms with Crippen LogP contribution in [0, 0.1) is 30.5 Å². The van der Waals surface area contributed by atoms with Crippen LogP contribution in [0.4, 0.5) is 10.2 Å². The molecular formula is C27H22ClFN6O2. The lowest BCUT2D eigenvalue weighted by molar-refractivity contribution is -0.139. The van der Waals surface area contributed by atoms with E-state index in [0.29, 0.717) is 35.2 Å². The third-order valence-corrected chi connectivity index (χ3v) is 8.25. The second-order valence-electron chi connectivity index (χ2n) is 9.97. The van der Waals surface area contributed by atoms with Gasteiger partial charge in [0.1, 0.15) is 17.3 Å². The zero-order valence-electron chi connectivity index (χ0n) is 20.1. The number of hydrogen-bond acceptors (Lipinski definition) is 5. The van der Waals surface area contributed by atoms with Gasteiger partial charge >= 0.3 is 5.97 Å². The first-order chi connectivity index (χ1) is 17.8. The van der Waals surface area contributed by atoms with E-state index in [-0.39, 0.29) is 22.8 Å². The molecule has 7 rings (SSSR count). The minimum Gasteiger partial charge on any atom is -0.481 e. The van der Waals surface area contributed by atoms with Crippen molar-refractivity contribution in [1.29, 1.82) is 0 Å². The second-order valence-corrected chi connectivity index (χ2v) is 10.3. The van der Waals surface area contributed by atoms with Crippen LogP contribution in [0.15, 0.2) is 48.8 Å². The number of carboxylic acids is 1. The number of pyridine rings is 1. The molecule has 3 aromatic heterocycles. The summed E-state index contributed by atoms with van der Waals surface area (Å²) in [7, 11) is 1.86. The van der Waals surface area contributed by atoms with Gasteiger partial charge < -0.3 is 10.0 Å². The minimum atomic E-state index is -0.702. The van der Waals surface area contributed by atoms with Crippen molar-refractivity contribution in [2.24, 2.45) is 24.8 Å². The summed E-state index contributed by atoms with van der Waals surface area (Å²) in [5, 5.41) is 20.4. The van der Waals surface area contributed by atoms with E-state index in [1.54, 1.807) is 22.5 Å². The minimum absolute atomic E-state index is 0.0636. The van der Waals surface area contributed by atoms with Gasteiger partial charge in [-0.3, -0.25) is 9.48 Å². The average Bonchev–Trinajstić information content (AvgIpc) is 3.21. The molecule has 2 unspecified atom stereocenters. The van der Waals surface area contributed by atoms with E-state index >= 15 is 0 Å². The Labute approximate surface area is 215 Å². The van der Waals surface area contributed by atoms with Crippen LogP contribution in [0.2, 0.25) is 5.02 Å². The SMILES string of the molecule is Cc1c(Cl)c(F)cc2c(-c3cccc4nn(C)cc34)nn(-c3ccc(N4CC5C(C4)C5C(=O)O)nc3)c12. The fraction of sp³-hybridized carbons (Fsp3) is 0.259. The van der Waals surface area contributed by atoms with Crippen molar-refractivity contribution in [2.75, 3.05) is 18.0 Å². The van der Waals surface area contributed by atoms with Crippen molar-refractivity contribution in [3.05, 3.63) is 65.2 Å². The smallest absolute Gasteiger partial charge is 0.307 e. The highest BCUT2D eigenvalue weighted by Gasteiger charge is 2.60. The molecule has 4 heterocycles. The summed E-state index contributed by atoms with van der Waals surface area (Å²) in [6.07, 6.45) is 3.67. The second kappa shape index (κ2) is 7.76. The molecule has 0 spiro atoms. The van der Waals surface area contributed by atoms with Crippen LogP contribution >= 0.6 is 11.6 Å². The number of aliphatic carboxylic acids is 1. The molecule has 2 aliphatic rings. The highest BCUT2D eigenvalue weighted by molar-refractivity contribution is 6.32. The maximum atomic E-state index is 14.8. The van der Waals surface area contributed by atoms with Gasteiger partial charge in [-0.05, 0) is 48.6 Å². The molecule has 1 N–H and O–H groups in total. The maximum absolute atomic E-state index is 14.8. The van der Waals surface area contributed by atoms with E-state index in [0.717, 1.165) is 28.0 Å². The number of piperidine rings is 1. The molecule has 0 amide bonds. The number of rotatable bonds is 4. The number of anilines is 1. The third-order valence-electron chi connectivity index (χ3n) is 7.79. The Morgan fingerprint density at radius 3 is 2.62 bits per heavy atom. The number of hydrogen-bond donors (Lipinski definition) is 1. The first-order valence-electron chi connectivity index (χ1n) is 12.1. The Bertz CT molecular complexity index is 1730. The van der Waals surface area contributed by atoms with Gasteiger partial charge in [-0.1, -0.05) is 23.7 Å². The van der Waals surface area contributed by atoms with Gasteiger partial charge in [0.15, 0.2) is 0 Å². The zero-order valence-corrected chi connectivity index (χ0v) is 20.8. The van der Waals surface area contributed by atoms with Gasteiger partial charge in [-0.25, -0.2) is 14.1 Å². The van der Waals surface area contributed by atoms with Gasteiger partial charge in [0.25, 0.3) is 0 Å². The quantitative estimate of drug-likeness (QED) is 0.367. The van der Waals surface area contributed by atoms with Crippen molar-refractivity contribution in [3.63, 3.8) is 0 Å². The lowest BCUT2D eigenvalue weighted by atomic mass is 10.0. The molecule has 1 aliphatic carbocycles. The molecule has 10 heteroatoms. The summed E-state index contributed by atoms with van der Waals surface area (Å²) in [5.74, 6) is -0.212. The average molecular weight is 517 g/mol. The number of nitrogens with zero attached hydrogens (tertiary/aromatic N) is 6. The molecule has 2 aromatic carbocycles. The lowest BCUT2D eigenvalue weighted by Crippen LogP contribution is -2.26. The van der Waals surface area contributed by atoms with Gasteiger partial charge in [0, 0.05) is 42.7 Å². The van der Waals surface area contributed by atoms with Crippen molar-refractivity contribution >= 4 is 45.2 Å². The van der Waals surface area contributed by atoms with Gasteiger partial charge in [-0.2, -0.15) is 10.2 Å². The Morgan fingerprint density at radius 1 is 1.14 bits per heavy atom. The van der Waals surface area contributed by atoms with E-state index in [1.807, 2.05) is 43.6 Å². The number of aromatic nitrogens is 5. The van der Waals surface area contributed by atoms with Crippen molar-refractivity contribution in [3.8, 4) is 16.9 Å². The standard InChI is InChI=1S/C27H22ClFN6O2/c1-13-24(28)20(29)8-16-25(15-4-3-5-21-17(15)10-33(2)31-21)32-35(26(13)16)14-6-7-22(30-9-14)34-11-18-19(12-34)23(18)27(36)37/h3-10,18-19,23H,11-12H2,1-2H3,(H,36,37). The summed E-state index contributed by atoms with van der Waals surface area (Å²) in [4.78, 5) is 18.1. The number of halogens is 2. The van der Waals surface area contributed by atoms with Crippen LogP contribution in [0.3, 0.4) is 0 Å². The molecule has 2 fully saturated rings. The third kappa shape index (κ3) is 3.26. The Morgan fingerprint density at radius 2 is 1.92 bits per heavy atom. The van der Waals surface area contributed by atoms with Crippen molar-refractivity contribution < 1.29 is 14.3 Å².